The third-order valence-electron chi connectivity index (χ3n) is 2.82. The SMILES string of the molecule is CNC1C(=O)N(CC#N)c2ccc(C)cc21. The van der Waals surface area contributed by atoms with Crippen molar-refractivity contribution < 1.29 is 4.79 Å². The predicted octanol–water partition coefficient (Wildman–Crippen LogP) is 1.13. The van der Waals surface area contributed by atoms with Gasteiger partial charge in [-0.1, -0.05) is 17.7 Å². The fourth-order valence-corrected chi connectivity index (χ4v) is 2.07. The maximum absolute atomic E-state index is 12.0. The number of benzene rings is 1. The third-order valence-corrected chi connectivity index (χ3v) is 2.82. The number of hydrogen-bond acceptors (Lipinski definition) is 3. The van der Waals surface area contributed by atoms with Gasteiger partial charge in [0.2, 0.25) is 5.91 Å². The standard InChI is InChI=1S/C12H13N3O/c1-8-3-4-10-9(7-8)11(14-2)12(16)15(10)6-5-13/h3-4,7,11,14H,6H2,1-2H3. The molecule has 1 aromatic carbocycles. The van der Waals surface area contributed by atoms with Crippen molar-refractivity contribution in [3.8, 4) is 6.07 Å². The van der Waals surface area contributed by atoms with Crippen LogP contribution in [0.3, 0.4) is 0 Å². The maximum atomic E-state index is 12.0. The molecule has 1 N–H and O–H groups in total. The van der Waals surface area contributed by atoms with E-state index in [2.05, 4.69) is 5.32 Å². The molecule has 0 saturated carbocycles. The number of nitrogens with zero attached hydrogens (tertiary/aromatic N) is 2. The molecule has 0 spiro atoms. The van der Waals surface area contributed by atoms with Crippen LogP contribution in [0.15, 0.2) is 18.2 Å². The van der Waals surface area contributed by atoms with Gasteiger partial charge in [-0.2, -0.15) is 5.26 Å². The molecule has 4 heteroatoms. The molecule has 1 atom stereocenters. The van der Waals surface area contributed by atoms with Gasteiger partial charge in [-0.15, -0.1) is 0 Å². The highest BCUT2D eigenvalue weighted by atomic mass is 16.2. The van der Waals surface area contributed by atoms with Crippen LogP contribution in [-0.2, 0) is 4.79 Å². The lowest BCUT2D eigenvalue weighted by Gasteiger charge is -2.13. The highest BCUT2D eigenvalue weighted by molar-refractivity contribution is 6.05. The Kier molecular flexibility index (Phi) is 2.63. The third kappa shape index (κ3) is 1.46. The highest BCUT2D eigenvalue weighted by Crippen LogP contribution is 2.35. The van der Waals surface area contributed by atoms with Crippen LogP contribution in [0.25, 0.3) is 0 Å². The van der Waals surface area contributed by atoms with Crippen LogP contribution in [0.2, 0.25) is 0 Å². The van der Waals surface area contributed by atoms with E-state index in [-0.39, 0.29) is 18.5 Å². The number of amides is 1. The second kappa shape index (κ2) is 3.95. The largest absolute Gasteiger partial charge is 0.305 e. The van der Waals surface area contributed by atoms with E-state index in [1.807, 2.05) is 31.2 Å². The Bertz CT molecular complexity index is 476. The summed E-state index contributed by atoms with van der Waals surface area (Å²) in [6.07, 6.45) is 0. The number of nitriles is 1. The van der Waals surface area contributed by atoms with Gasteiger partial charge in [0.15, 0.2) is 0 Å². The van der Waals surface area contributed by atoms with Gasteiger partial charge in [0, 0.05) is 5.56 Å². The number of anilines is 1. The Morgan fingerprint density at radius 1 is 1.56 bits per heavy atom. The minimum atomic E-state index is -0.316. The fraction of sp³-hybridized carbons (Fsp3) is 0.333. The van der Waals surface area contributed by atoms with Crippen LogP contribution in [-0.4, -0.2) is 19.5 Å². The van der Waals surface area contributed by atoms with Crippen LogP contribution >= 0.6 is 0 Å². The Labute approximate surface area is 94.5 Å². The Hall–Kier alpha value is -1.86. The second-order valence-corrected chi connectivity index (χ2v) is 3.87. The number of aryl methyl sites for hydroxylation is 1. The molecule has 16 heavy (non-hydrogen) atoms. The Morgan fingerprint density at radius 3 is 2.94 bits per heavy atom. The van der Waals surface area contributed by atoms with E-state index < -0.39 is 0 Å². The van der Waals surface area contributed by atoms with Gasteiger partial charge in [-0.25, -0.2) is 0 Å². The van der Waals surface area contributed by atoms with Crippen molar-refractivity contribution in [2.45, 2.75) is 13.0 Å². The van der Waals surface area contributed by atoms with Gasteiger partial charge >= 0.3 is 0 Å². The molecule has 1 aromatic rings. The molecule has 1 heterocycles. The molecule has 1 amide bonds. The number of rotatable bonds is 2. The minimum Gasteiger partial charge on any atom is -0.305 e. The first kappa shape index (κ1) is 10.7. The number of hydrogen-bond donors (Lipinski definition) is 1. The Balaban J connectivity index is 2.51. The number of likely N-dealkylation sites (N-methyl/N-ethyl adjacent to an activating group) is 1. The first-order chi connectivity index (χ1) is 7.69. The van der Waals surface area contributed by atoms with Crippen molar-refractivity contribution in [1.82, 2.24) is 5.32 Å². The zero-order chi connectivity index (χ0) is 11.7. The van der Waals surface area contributed by atoms with E-state index in [4.69, 9.17) is 5.26 Å². The molecule has 0 aliphatic carbocycles. The van der Waals surface area contributed by atoms with E-state index in [1.54, 1.807) is 7.05 Å². The molecule has 1 unspecified atom stereocenters. The average Bonchev–Trinajstić information content (AvgIpc) is 2.52. The van der Waals surface area contributed by atoms with Gasteiger partial charge < -0.3 is 5.32 Å². The Morgan fingerprint density at radius 2 is 2.31 bits per heavy atom. The quantitative estimate of drug-likeness (QED) is 0.752. The van der Waals surface area contributed by atoms with Gasteiger partial charge in [-0.3, -0.25) is 9.69 Å². The summed E-state index contributed by atoms with van der Waals surface area (Å²) >= 11 is 0. The summed E-state index contributed by atoms with van der Waals surface area (Å²) in [4.78, 5) is 13.5. The zero-order valence-corrected chi connectivity index (χ0v) is 9.32. The normalized spacial score (nSPS) is 18.4. The van der Waals surface area contributed by atoms with Crippen molar-refractivity contribution in [3.63, 3.8) is 0 Å². The van der Waals surface area contributed by atoms with E-state index in [1.165, 1.54) is 4.90 Å². The van der Waals surface area contributed by atoms with Gasteiger partial charge in [0.05, 0.1) is 11.8 Å². The first-order valence-corrected chi connectivity index (χ1v) is 5.15. The lowest BCUT2D eigenvalue weighted by atomic mass is 10.1. The van der Waals surface area contributed by atoms with Gasteiger partial charge in [0.25, 0.3) is 0 Å². The molecule has 1 aliphatic heterocycles. The van der Waals surface area contributed by atoms with Gasteiger partial charge in [-0.05, 0) is 20.0 Å². The summed E-state index contributed by atoms with van der Waals surface area (Å²) in [5.74, 6) is -0.0512. The van der Waals surface area contributed by atoms with E-state index >= 15 is 0 Å². The molecule has 0 bridgehead atoms. The van der Waals surface area contributed by atoms with E-state index in [0.717, 1.165) is 16.8 Å². The smallest absolute Gasteiger partial charge is 0.249 e. The molecule has 2 rings (SSSR count). The van der Waals surface area contributed by atoms with Crippen LogP contribution < -0.4 is 10.2 Å². The van der Waals surface area contributed by atoms with Crippen molar-refractivity contribution >= 4 is 11.6 Å². The summed E-state index contributed by atoms with van der Waals surface area (Å²) in [5.41, 5.74) is 2.92. The van der Waals surface area contributed by atoms with E-state index in [9.17, 15) is 4.79 Å². The van der Waals surface area contributed by atoms with Crippen LogP contribution in [0.5, 0.6) is 0 Å². The monoisotopic (exact) mass is 215 g/mol. The van der Waals surface area contributed by atoms with Crippen LogP contribution in [0.1, 0.15) is 17.2 Å². The predicted molar refractivity (Wildman–Crippen MR) is 60.9 cm³/mol. The molecule has 0 aromatic heterocycles. The van der Waals surface area contributed by atoms with Crippen LogP contribution in [0, 0.1) is 18.3 Å². The molecule has 1 aliphatic rings. The molecule has 0 radical (unpaired) electrons. The molecule has 82 valence electrons. The van der Waals surface area contributed by atoms with E-state index in [0.29, 0.717) is 0 Å². The topological polar surface area (TPSA) is 56.1 Å². The average molecular weight is 215 g/mol. The van der Waals surface area contributed by atoms with Crippen molar-refractivity contribution in [3.05, 3.63) is 29.3 Å². The fourth-order valence-electron chi connectivity index (χ4n) is 2.07. The van der Waals surface area contributed by atoms with Crippen LogP contribution in [0.4, 0.5) is 5.69 Å². The summed E-state index contributed by atoms with van der Waals surface area (Å²) < 4.78 is 0. The lowest BCUT2D eigenvalue weighted by Crippen LogP contribution is -2.33. The molecular formula is C12H13N3O. The minimum absolute atomic E-state index is 0.0512. The second-order valence-electron chi connectivity index (χ2n) is 3.87. The number of carbonyl (C=O) groups excluding carboxylic acids is 1. The maximum Gasteiger partial charge on any atom is 0.249 e. The lowest BCUT2D eigenvalue weighted by molar-refractivity contribution is -0.119. The molecule has 0 saturated heterocycles. The molecule has 4 nitrogen and oxygen atoms in total. The number of carbonyl (C=O) groups is 1. The van der Waals surface area contributed by atoms with Crippen molar-refractivity contribution in [1.29, 1.82) is 5.26 Å². The van der Waals surface area contributed by atoms with Crippen molar-refractivity contribution in [2.24, 2.45) is 0 Å². The summed E-state index contributed by atoms with van der Waals surface area (Å²) in [6, 6.07) is 7.55. The summed E-state index contributed by atoms with van der Waals surface area (Å²) in [7, 11) is 1.75. The number of nitrogens with one attached hydrogen (secondary N) is 1. The van der Waals surface area contributed by atoms with Crippen molar-refractivity contribution in [2.75, 3.05) is 18.5 Å². The van der Waals surface area contributed by atoms with Gasteiger partial charge in [0.1, 0.15) is 12.6 Å². The first-order valence-electron chi connectivity index (χ1n) is 5.15. The molecule has 0 fully saturated rings. The summed E-state index contributed by atoms with van der Waals surface area (Å²) in [6.45, 7) is 2.09. The zero-order valence-electron chi connectivity index (χ0n) is 9.32. The number of fused-ring (bicyclic) bond motifs is 1. The molecular weight excluding hydrogens is 202 g/mol. The summed E-state index contributed by atoms with van der Waals surface area (Å²) in [5, 5.41) is 11.7. The highest BCUT2D eigenvalue weighted by Gasteiger charge is 2.35.